The van der Waals surface area contributed by atoms with Crippen molar-refractivity contribution in [1.29, 1.82) is 0 Å². The molecule has 0 radical (unpaired) electrons. The van der Waals surface area contributed by atoms with Gasteiger partial charge < -0.3 is 4.74 Å². The van der Waals surface area contributed by atoms with Gasteiger partial charge in [0.25, 0.3) is 0 Å². The molecule has 2 unspecified atom stereocenters. The summed E-state index contributed by atoms with van der Waals surface area (Å²) in [5.41, 5.74) is 1.92. The number of hydrogen-bond acceptors (Lipinski definition) is 2. The van der Waals surface area contributed by atoms with Crippen LogP contribution in [0.25, 0.3) is 0 Å². The van der Waals surface area contributed by atoms with E-state index in [-0.39, 0.29) is 0 Å². The van der Waals surface area contributed by atoms with Crippen molar-refractivity contribution in [1.82, 2.24) is 0 Å². The molecule has 2 heterocycles. The summed E-state index contributed by atoms with van der Waals surface area (Å²) in [7, 11) is 0. The van der Waals surface area contributed by atoms with Crippen LogP contribution < -0.4 is 0 Å². The monoisotopic (exact) mass is 312 g/mol. The minimum absolute atomic E-state index is 0.389. The van der Waals surface area contributed by atoms with Crippen LogP contribution in [0.2, 0.25) is 0 Å². The molecule has 0 aliphatic carbocycles. The molecule has 2 aliphatic heterocycles. The van der Waals surface area contributed by atoms with E-state index in [1.807, 2.05) is 0 Å². The summed E-state index contributed by atoms with van der Waals surface area (Å²) < 4.78 is 5.60. The van der Waals surface area contributed by atoms with E-state index in [9.17, 15) is 0 Å². The average Bonchev–Trinajstić information content (AvgIpc) is 2.95. The minimum Gasteiger partial charge on any atom is -0.381 e. The van der Waals surface area contributed by atoms with Crippen molar-refractivity contribution in [3.8, 4) is 0 Å². The van der Waals surface area contributed by atoms with E-state index in [2.05, 4.69) is 52.0 Å². The summed E-state index contributed by atoms with van der Waals surface area (Å²) in [6.07, 6.45) is 3.72. The number of benzene rings is 1. The lowest BCUT2D eigenvalue weighted by Gasteiger charge is -2.27. The molecule has 1 aromatic rings. The Balaban J connectivity index is 1.69. The smallest absolute Gasteiger partial charge is 0.0531 e. The molecule has 17 heavy (non-hydrogen) atoms. The van der Waals surface area contributed by atoms with E-state index < -0.39 is 0 Å². The number of rotatable bonds is 3. The van der Waals surface area contributed by atoms with Gasteiger partial charge in [-0.3, -0.25) is 0 Å². The fourth-order valence-corrected chi connectivity index (χ4v) is 5.01. The Labute approximate surface area is 115 Å². The Morgan fingerprint density at radius 1 is 1.41 bits per heavy atom. The molecule has 1 nitrogen and oxygen atoms in total. The Kier molecular flexibility index (Phi) is 3.51. The van der Waals surface area contributed by atoms with Crippen LogP contribution in [0.5, 0.6) is 0 Å². The molecule has 0 saturated carbocycles. The predicted octanol–water partition coefficient (Wildman–Crippen LogP) is 3.90. The first-order chi connectivity index (χ1) is 8.31. The molecule has 0 spiro atoms. The largest absolute Gasteiger partial charge is 0.381 e. The number of alkyl halides is 1. The van der Waals surface area contributed by atoms with E-state index in [4.69, 9.17) is 4.74 Å². The molecular formula is C14H17BrOS. The Morgan fingerprint density at radius 3 is 3.00 bits per heavy atom. The van der Waals surface area contributed by atoms with Crippen molar-refractivity contribution in [2.24, 2.45) is 5.41 Å². The Hall–Kier alpha value is 0.01000. The molecule has 0 bridgehead atoms. The predicted molar refractivity (Wildman–Crippen MR) is 76.1 cm³/mol. The first-order valence-corrected chi connectivity index (χ1v) is 8.20. The van der Waals surface area contributed by atoms with Gasteiger partial charge in [0, 0.05) is 27.5 Å². The van der Waals surface area contributed by atoms with Crippen LogP contribution in [0.15, 0.2) is 29.2 Å². The number of ether oxygens (including phenoxy) is 1. The van der Waals surface area contributed by atoms with Gasteiger partial charge in [-0.1, -0.05) is 34.1 Å². The van der Waals surface area contributed by atoms with E-state index >= 15 is 0 Å². The Morgan fingerprint density at radius 2 is 2.29 bits per heavy atom. The van der Waals surface area contributed by atoms with Gasteiger partial charge in [0.05, 0.1) is 6.61 Å². The molecule has 1 aromatic carbocycles. The Bertz CT molecular complexity index is 376. The summed E-state index contributed by atoms with van der Waals surface area (Å²) >= 11 is 5.75. The molecule has 2 atom stereocenters. The van der Waals surface area contributed by atoms with Gasteiger partial charge in [0.1, 0.15) is 0 Å². The molecule has 0 N–H and O–H groups in total. The van der Waals surface area contributed by atoms with Gasteiger partial charge >= 0.3 is 0 Å². The molecule has 3 rings (SSSR count). The second kappa shape index (κ2) is 4.94. The van der Waals surface area contributed by atoms with Crippen molar-refractivity contribution < 1.29 is 4.74 Å². The van der Waals surface area contributed by atoms with Crippen molar-refractivity contribution in [2.75, 3.05) is 18.5 Å². The fraction of sp³-hybridized carbons (Fsp3) is 0.571. The maximum absolute atomic E-state index is 5.60. The first-order valence-electron chi connectivity index (χ1n) is 6.20. The van der Waals surface area contributed by atoms with Gasteiger partial charge in [-0.15, -0.1) is 11.8 Å². The molecular weight excluding hydrogens is 296 g/mol. The number of hydrogen-bond donors (Lipinski definition) is 0. The van der Waals surface area contributed by atoms with Crippen LogP contribution in [0, 0.1) is 5.41 Å². The van der Waals surface area contributed by atoms with Crippen LogP contribution in [0.1, 0.15) is 18.4 Å². The zero-order valence-electron chi connectivity index (χ0n) is 9.82. The zero-order chi connectivity index (χ0) is 11.7. The minimum atomic E-state index is 0.389. The van der Waals surface area contributed by atoms with E-state index in [0.29, 0.717) is 5.41 Å². The fourth-order valence-electron chi connectivity index (χ4n) is 2.82. The lowest BCUT2D eigenvalue weighted by Crippen LogP contribution is -2.27. The lowest BCUT2D eigenvalue weighted by molar-refractivity contribution is 0.157. The average molecular weight is 313 g/mol. The van der Waals surface area contributed by atoms with Gasteiger partial charge in [-0.2, -0.15) is 0 Å². The van der Waals surface area contributed by atoms with Gasteiger partial charge in [-0.25, -0.2) is 0 Å². The summed E-state index contributed by atoms with van der Waals surface area (Å²) in [5, 5.41) is 1.82. The summed E-state index contributed by atoms with van der Waals surface area (Å²) in [4.78, 5) is 1.49. The van der Waals surface area contributed by atoms with Crippen molar-refractivity contribution in [2.45, 2.75) is 29.4 Å². The lowest BCUT2D eigenvalue weighted by atomic mass is 9.83. The summed E-state index contributed by atoms with van der Waals surface area (Å²) in [6.45, 7) is 1.88. The third-order valence-corrected chi connectivity index (χ3v) is 6.35. The molecule has 1 saturated heterocycles. The van der Waals surface area contributed by atoms with Crippen LogP contribution >= 0.6 is 27.7 Å². The third kappa shape index (κ3) is 2.42. The van der Waals surface area contributed by atoms with Crippen molar-refractivity contribution in [3.63, 3.8) is 0 Å². The standard InChI is InChI=1S/C14H17BrOS/c15-9-14(5-6-16-10-14)8-12-7-11-3-1-2-4-13(11)17-12/h1-4,12H,5-10H2. The van der Waals surface area contributed by atoms with Crippen LogP contribution in [0.3, 0.4) is 0 Å². The highest BCUT2D eigenvalue weighted by Crippen LogP contribution is 2.45. The molecule has 0 aromatic heterocycles. The van der Waals surface area contributed by atoms with Crippen LogP contribution in [0.4, 0.5) is 0 Å². The summed E-state index contributed by atoms with van der Waals surface area (Å²) in [6, 6.07) is 8.83. The maximum atomic E-state index is 5.60. The van der Waals surface area contributed by atoms with Gasteiger partial charge in [0.2, 0.25) is 0 Å². The van der Waals surface area contributed by atoms with Gasteiger partial charge in [0.15, 0.2) is 0 Å². The summed E-state index contributed by atoms with van der Waals surface area (Å²) in [5.74, 6) is 0. The quantitative estimate of drug-likeness (QED) is 0.783. The van der Waals surface area contributed by atoms with Crippen molar-refractivity contribution in [3.05, 3.63) is 29.8 Å². The van der Waals surface area contributed by atoms with E-state index in [1.54, 1.807) is 0 Å². The van der Waals surface area contributed by atoms with Crippen LogP contribution in [-0.4, -0.2) is 23.8 Å². The second-order valence-electron chi connectivity index (χ2n) is 5.19. The van der Waals surface area contributed by atoms with Crippen LogP contribution in [-0.2, 0) is 11.2 Å². The zero-order valence-corrected chi connectivity index (χ0v) is 12.2. The molecule has 3 heteroatoms. The maximum Gasteiger partial charge on any atom is 0.0531 e. The van der Waals surface area contributed by atoms with E-state index in [0.717, 1.165) is 23.8 Å². The molecule has 0 amide bonds. The van der Waals surface area contributed by atoms with Crippen molar-refractivity contribution >= 4 is 27.7 Å². The highest BCUT2D eigenvalue weighted by molar-refractivity contribution is 9.09. The second-order valence-corrected chi connectivity index (χ2v) is 7.09. The molecule has 2 aliphatic rings. The number of fused-ring (bicyclic) bond motifs is 1. The number of halogens is 1. The first kappa shape index (κ1) is 12.1. The van der Waals surface area contributed by atoms with Gasteiger partial charge in [-0.05, 0) is 30.9 Å². The molecule has 1 fully saturated rings. The topological polar surface area (TPSA) is 9.23 Å². The normalized spacial score (nSPS) is 31.7. The number of thioether (sulfide) groups is 1. The molecule has 92 valence electrons. The third-order valence-electron chi connectivity index (χ3n) is 3.84. The SMILES string of the molecule is BrCC1(CC2Cc3ccccc3S2)CCOC1. The highest BCUT2D eigenvalue weighted by atomic mass is 79.9. The highest BCUT2D eigenvalue weighted by Gasteiger charge is 2.38. The van der Waals surface area contributed by atoms with E-state index in [1.165, 1.54) is 29.7 Å².